The largest absolute Gasteiger partial charge is 0.399 e. The highest BCUT2D eigenvalue weighted by atomic mass is 16.5. The highest BCUT2D eigenvalue weighted by Gasteiger charge is 2.04. The second kappa shape index (κ2) is 8.20. The van der Waals surface area contributed by atoms with Gasteiger partial charge in [0.05, 0.1) is 6.61 Å². The van der Waals surface area contributed by atoms with E-state index in [-0.39, 0.29) is 5.91 Å². The monoisotopic (exact) mass is 298 g/mol. The molecule has 3 N–H and O–H groups in total. The molecule has 0 saturated heterocycles. The third-order valence-electron chi connectivity index (χ3n) is 3.47. The summed E-state index contributed by atoms with van der Waals surface area (Å²) in [5.41, 5.74) is 9.80. The molecule has 0 atom stereocenters. The number of hydrogen-bond acceptors (Lipinski definition) is 3. The molecule has 1 amide bonds. The first-order valence-corrected chi connectivity index (χ1v) is 7.36. The van der Waals surface area contributed by atoms with Crippen LogP contribution in [0.3, 0.4) is 0 Å². The quantitative estimate of drug-likeness (QED) is 0.772. The highest BCUT2D eigenvalue weighted by molar-refractivity contribution is 5.76. The van der Waals surface area contributed by atoms with Gasteiger partial charge in [-0.2, -0.15) is 0 Å². The van der Waals surface area contributed by atoms with Gasteiger partial charge in [0, 0.05) is 25.8 Å². The molecule has 0 aliphatic heterocycles. The lowest BCUT2D eigenvalue weighted by molar-refractivity contribution is -0.121. The maximum absolute atomic E-state index is 11.9. The Morgan fingerprint density at radius 2 is 1.91 bits per heavy atom. The van der Waals surface area contributed by atoms with Gasteiger partial charge in [0.25, 0.3) is 0 Å². The number of nitrogens with one attached hydrogen (secondary N) is 1. The van der Waals surface area contributed by atoms with E-state index in [0.717, 1.165) is 22.4 Å². The Balaban J connectivity index is 1.80. The number of ether oxygens (including phenoxy) is 1. The van der Waals surface area contributed by atoms with Gasteiger partial charge in [0.2, 0.25) is 5.91 Å². The number of amides is 1. The zero-order chi connectivity index (χ0) is 15.8. The minimum Gasteiger partial charge on any atom is -0.399 e. The standard InChI is InChI=1S/C18H22N2O2/c1-22-13-15-6-4-5-14(11-15)12-20-18(21)10-9-16-7-2-3-8-17(16)19/h2-8,11H,9-10,12-13,19H2,1H3,(H,20,21). The first-order valence-electron chi connectivity index (χ1n) is 7.36. The molecular weight excluding hydrogens is 276 g/mol. The fraction of sp³-hybridized carbons (Fsp3) is 0.278. The van der Waals surface area contributed by atoms with Gasteiger partial charge in [0.1, 0.15) is 0 Å². The van der Waals surface area contributed by atoms with Crippen LogP contribution in [0.4, 0.5) is 5.69 Å². The lowest BCUT2D eigenvalue weighted by Crippen LogP contribution is -2.23. The van der Waals surface area contributed by atoms with Crippen molar-refractivity contribution in [2.45, 2.75) is 26.0 Å². The molecule has 0 unspecified atom stereocenters. The van der Waals surface area contributed by atoms with Crippen molar-refractivity contribution >= 4 is 11.6 Å². The second-order valence-corrected chi connectivity index (χ2v) is 5.23. The summed E-state index contributed by atoms with van der Waals surface area (Å²) in [6.45, 7) is 1.11. The minimum absolute atomic E-state index is 0.0281. The predicted octanol–water partition coefficient (Wildman–Crippen LogP) is 2.66. The van der Waals surface area contributed by atoms with Crippen LogP contribution in [0.2, 0.25) is 0 Å². The summed E-state index contributed by atoms with van der Waals surface area (Å²) in [6.07, 6.45) is 1.09. The molecule has 0 aromatic heterocycles. The minimum atomic E-state index is 0.0281. The molecular formula is C18H22N2O2. The molecule has 2 aromatic rings. The van der Waals surface area contributed by atoms with Gasteiger partial charge >= 0.3 is 0 Å². The van der Waals surface area contributed by atoms with Crippen LogP contribution in [0.15, 0.2) is 48.5 Å². The predicted molar refractivity (Wildman–Crippen MR) is 88.2 cm³/mol. The van der Waals surface area contributed by atoms with E-state index < -0.39 is 0 Å². The topological polar surface area (TPSA) is 64.3 Å². The Morgan fingerprint density at radius 1 is 1.14 bits per heavy atom. The molecule has 4 heteroatoms. The zero-order valence-electron chi connectivity index (χ0n) is 12.8. The summed E-state index contributed by atoms with van der Waals surface area (Å²) >= 11 is 0. The number of methoxy groups -OCH3 is 1. The molecule has 0 heterocycles. The number of carbonyl (C=O) groups is 1. The molecule has 2 aromatic carbocycles. The van der Waals surface area contributed by atoms with Gasteiger partial charge < -0.3 is 15.8 Å². The van der Waals surface area contributed by atoms with Gasteiger partial charge in [-0.25, -0.2) is 0 Å². The molecule has 0 bridgehead atoms. The van der Waals surface area contributed by atoms with E-state index in [1.54, 1.807) is 7.11 Å². The lowest BCUT2D eigenvalue weighted by atomic mass is 10.1. The number of para-hydroxylation sites is 1. The maximum Gasteiger partial charge on any atom is 0.220 e. The molecule has 116 valence electrons. The van der Waals surface area contributed by atoms with Gasteiger partial charge in [-0.3, -0.25) is 4.79 Å². The number of benzene rings is 2. The van der Waals surface area contributed by atoms with E-state index in [1.807, 2.05) is 48.5 Å². The zero-order valence-corrected chi connectivity index (χ0v) is 12.8. The Hall–Kier alpha value is -2.33. The van der Waals surface area contributed by atoms with E-state index in [4.69, 9.17) is 10.5 Å². The molecule has 2 rings (SSSR count). The average molecular weight is 298 g/mol. The lowest BCUT2D eigenvalue weighted by Gasteiger charge is -2.08. The van der Waals surface area contributed by atoms with Crippen LogP contribution in [0.25, 0.3) is 0 Å². The Bertz CT molecular complexity index is 626. The Labute approximate surface area is 131 Å². The average Bonchev–Trinajstić information content (AvgIpc) is 2.53. The van der Waals surface area contributed by atoms with Crippen LogP contribution in [0.1, 0.15) is 23.1 Å². The van der Waals surface area contributed by atoms with Crippen molar-refractivity contribution in [3.05, 3.63) is 65.2 Å². The van der Waals surface area contributed by atoms with E-state index in [2.05, 4.69) is 5.32 Å². The molecule has 0 aliphatic rings. The van der Waals surface area contributed by atoms with Crippen LogP contribution in [0.5, 0.6) is 0 Å². The van der Waals surface area contributed by atoms with Gasteiger partial charge in [0.15, 0.2) is 0 Å². The summed E-state index contributed by atoms with van der Waals surface area (Å²) in [5.74, 6) is 0.0281. The van der Waals surface area contributed by atoms with Gasteiger partial charge in [-0.1, -0.05) is 42.5 Å². The number of nitrogen functional groups attached to an aromatic ring is 1. The number of hydrogen-bond donors (Lipinski definition) is 2. The van der Waals surface area contributed by atoms with Crippen molar-refractivity contribution < 1.29 is 9.53 Å². The van der Waals surface area contributed by atoms with Crippen molar-refractivity contribution in [1.82, 2.24) is 5.32 Å². The van der Waals surface area contributed by atoms with Crippen molar-refractivity contribution in [3.8, 4) is 0 Å². The molecule has 0 spiro atoms. The fourth-order valence-electron chi connectivity index (χ4n) is 2.30. The third kappa shape index (κ3) is 4.90. The van der Waals surface area contributed by atoms with E-state index in [1.165, 1.54) is 0 Å². The highest BCUT2D eigenvalue weighted by Crippen LogP contribution is 2.12. The van der Waals surface area contributed by atoms with Crippen molar-refractivity contribution in [2.75, 3.05) is 12.8 Å². The van der Waals surface area contributed by atoms with E-state index in [9.17, 15) is 4.79 Å². The summed E-state index contributed by atoms with van der Waals surface area (Å²) < 4.78 is 5.11. The molecule has 0 aliphatic carbocycles. The van der Waals surface area contributed by atoms with Crippen LogP contribution in [0, 0.1) is 0 Å². The smallest absolute Gasteiger partial charge is 0.220 e. The summed E-state index contributed by atoms with van der Waals surface area (Å²) in [6, 6.07) is 15.7. The van der Waals surface area contributed by atoms with E-state index >= 15 is 0 Å². The molecule has 4 nitrogen and oxygen atoms in total. The van der Waals surface area contributed by atoms with Crippen molar-refractivity contribution in [1.29, 1.82) is 0 Å². The number of carbonyl (C=O) groups excluding carboxylic acids is 1. The number of anilines is 1. The number of nitrogens with two attached hydrogens (primary N) is 1. The second-order valence-electron chi connectivity index (χ2n) is 5.23. The van der Waals surface area contributed by atoms with Crippen molar-refractivity contribution in [3.63, 3.8) is 0 Å². The number of rotatable bonds is 7. The number of aryl methyl sites for hydroxylation is 1. The summed E-state index contributed by atoms with van der Waals surface area (Å²) in [7, 11) is 1.67. The van der Waals surface area contributed by atoms with Crippen molar-refractivity contribution in [2.24, 2.45) is 0 Å². The van der Waals surface area contributed by atoms with Crippen LogP contribution in [-0.2, 0) is 29.1 Å². The fourth-order valence-corrected chi connectivity index (χ4v) is 2.30. The van der Waals surface area contributed by atoms with Gasteiger partial charge in [-0.15, -0.1) is 0 Å². The Kier molecular flexibility index (Phi) is 5.98. The first-order chi connectivity index (χ1) is 10.7. The summed E-state index contributed by atoms with van der Waals surface area (Å²) in [4.78, 5) is 11.9. The van der Waals surface area contributed by atoms with Gasteiger partial charge in [-0.05, 0) is 29.2 Å². The Morgan fingerprint density at radius 3 is 2.68 bits per heavy atom. The molecule has 0 saturated carbocycles. The first kappa shape index (κ1) is 16.0. The third-order valence-corrected chi connectivity index (χ3v) is 3.47. The SMILES string of the molecule is COCc1cccc(CNC(=O)CCc2ccccc2N)c1. The maximum atomic E-state index is 11.9. The molecule has 0 fully saturated rings. The summed E-state index contributed by atoms with van der Waals surface area (Å²) in [5, 5.41) is 2.94. The van der Waals surface area contributed by atoms with Crippen LogP contribution in [-0.4, -0.2) is 13.0 Å². The van der Waals surface area contributed by atoms with E-state index in [0.29, 0.717) is 26.0 Å². The van der Waals surface area contributed by atoms with Crippen LogP contribution < -0.4 is 11.1 Å². The van der Waals surface area contributed by atoms with Crippen LogP contribution >= 0.6 is 0 Å². The normalized spacial score (nSPS) is 10.4. The molecule has 22 heavy (non-hydrogen) atoms. The molecule has 0 radical (unpaired) electrons.